The minimum Gasteiger partial charge on any atom is -0.378 e. The Hall–Kier alpha value is -2.99. The maximum atomic E-state index is 13.1. The van der Waals surface area contributed by atoms with Crippen LogP contribution in [0.3, 0.4) is 0 Å². The molecule has 158 valence electrons. The Balaban J connectivity index is 1.46. The molecule has 3 aromatic rings. The van der Waals surface area contributed by atoms with Crippen LogP contribution in [0, 0.1) is 5.82 Å². The molecule has 0 amide bonds. The molecule has 30 heavy (non-hydrogen) atoms. The van der Waals surface area contributed by atoms with E-state index >= 15 is 0 Å². The predicted molar refractivity (Wildman–Crippen MR) is 112 cm³/mol. The molecule has 1 aliphatic heterocycles. The van der Waals surface area contributed by atoms with Gasteiger partial charge in [-0.25, -0.2) is 4.39 Å². The SMILES string of the molecule is CCn1c(SCc2nc(N)nc(Nc3ccc(F)cc3)n2)nnc1N1CCOCC1. The molecule has 0 atom stereocenters. The highest BCUT2D eigenvalue weighted by Crippen LogP contribution is 2.25. The van der Waals surface area contributed by atoms with Gasteiger partial charge in [-0.05, 0) is 31.2 Å². The van der Waals surface area contributed by atoms with Gasteiger partial charge in [0.1, 0.15) is 11.6 Å². The Morgan fingerprint density at radius 2 is 1.90 bits per heavy atom. The van der Waals surface area contributed by atoms with E-state index in [-0.39, 0.29) is 11.8 Å². The summed E-state index contributed by atoms with van der Waals surface area (Å²) in [5.74, 6) is 1.90. The number of nitrogens with one attached hydrogen (secondary N) is 1. The minimum absolute atomic E-state index is 0.108. The number of hydrogen-bond donors (Lipinski definition) is 2. The highest BCUT2D eigenvalue weighted by molar-refractivity contribution is 7.98. The van der Waals surface area contributed by atoms with Crippen LogP contribution in [0.5, 0.6) is 0 Å². The summed E-state index contributed by atoms with van der Waals surface area (Å²) in [6.45, 7) is 5.78. The van der Waals surface area contributed by atoms with Gasteiger partial charge in [0.15, 0.2) is 5.16 Å². The van der Waals surface area contributed by atoms with E-state index in [9.17, 15) is 4.39 Å². The first kappa shape index (κ1) is 20.3. The Morgan fingerprint density at radius 3 is 2.63 bits per heavy atom. The molecule has 0 spiro atoms. The third-order valence-corrected chi connectivity index (χ3v) is 5.40. The van der Waals surface area contributed by atoms with Crippen LogP contribution < -0.4 is 16.0 Å². The maximum Gasteiger partial charge on any atom is 0.232 e. The molecule has 1 aromatic carbocycles. The number of nitrogens with two attached hydrogens (primary N) is 1. The lowest BCUT2D eigenvalue weighted by Gasteiger charge is -2.27. The Kier molecular flexibility index (Phi) is 6.23. The van der Waals surface area contributed by atoms with E-state index in [2.05, 4.69) is 46.9 Å². The number of benzene rings is 1. The number of hydrogen-bond acceptors (Lipinski definition) is 10. The summed E-state index contributed by atoms with van der Waals surface area (Å²) in [5.41, 5.74) is 6.49. The summed E-state index contributed by atoms with van der Waals surface area (Å²) in [6.07, 6.45) is 0. The summed E-state index contributed by atoms with van der Waals surface area (Å²) >= 11 is 1.48. The first-order valence-electron chi connectivity index (χ1n) is 9.54. The molecule has 0 saturated carbocycles. The van der Waals surface area contributed by atoms with Crippen molar-refractivity contribution in [3.05, 3.63) is 35.9 Å². The van der Waals surface area contributed by atoms with E-state index in [1.54, 1.807) is 12.1 Å². The van der Waals surface area contributed by atoms with E-state index < -0.39 is 0 Å². The monoisotopic (exact) mass is 431 g/mol. The van der Waals surface area contributed by atoms with E-state index in [0.29, 0.717) is 36.4 Å². The zero-order valence-corrected chi connectivity index (χ0v) is 17.3. The quantitative estimate of drug-likeness (QED) is 0.538. The van der Waals surface area contributed by atoms with Crippen molar-refractivity contribution in [1.82, 2.24) is 29.7 Å². The summed E-state index contributed by atoms with van der Waals surface area (Å²) < 4.78 is 20.6. The van der Waals surface area contributed by atoms with Gasteiger partial charge in [0.25, 0.3) is 0 Å². The fourth-order valence-electron chi connectivity index (χ4n) is 3.01. The molecule has 1 saturated heterocycles. The second-order valence-electron chi connectivity index (χ2n) is 6.48. The minimum atomic E-state index is -0.315. The van der Waals surface area contributed by atoms with Gasteiger partial charge in [0.05, 0.1) is 19.0 Å². The molecule has 1 aliphatic rings. The van der Waals surface area contributed by atoms with Crippen LogP contribution in [-0.4, -0.2) is 56.0 Å². The van der Waals surface area contributed by atoms with E-state index in [4.69, 9.17) is 10.5 Å². The third-order valence-electron chi connectivity index (χ3n) is 4.44. The molecule has 0 aliphatic carbocycles. The van der Waals surface area contributed by atoms with Crippen molar-refractivity contribution in [3.8, 4) is 0 Å². The number of anilines is 4. The summed E-state index contributed by atoms with van der Waals surface area (Å²) in [5, 5.41) is 12.5. The number of halogens is 1. The molecular formula is C18H22FN9OS. The molecule has 3 N–H and O–H groups in total. The molecule has 0 bridgehead atoms. The van der Waals surface area contributed by atoms with Gasteiger partial charge < -0.3 is 20.7 Å². The van der Waals surface area contributed by atoms with Crippen molar-refractivity contribution in [1.29, 1.82) is 0 Å². The number of rotatable bonds is 7. The van der Waals surface area contributed by atoms with Gasteiger partial charge in [-0.2, -0.15) is 15.0 Å². The third kappa shape index (κ3) is 4.76. The van der Waals surface area contributed by atoms with Crippen molar-refractivity contribution >= 4 is 35.3 Å². The molecular weight excluding hydrogens is 409 g/mol. The van der Waals surface area contributed by atoms with Gasteiger partial charge >= 0.3 is 0 Å². The highest BCUT2D eigenvalue weighted by Gasteiger charge is 2.20. The zero-order valence-electron chi connectivity index (χ0n) is 16.5. The largest absolute Gasteiger partial charge is 0.378 e. The second kappa shape index (κ2) is 9.22. The number of nitrogen functional groups attached to an aromatic ring is 1. The number of nitrogens with zero attached hydrogens (tertiary/aromatic N) is 7. The molecule has 4 rings (SSSR count). The van der Waals surface area contributed by atoms with Crippen molar-refractivity contribution in [2.75, 3.05) is 42.3 Å². The van der Waals surface area contributed by atoms with Crippen molar-refractivity contribution in [3.63, 3.8) is 0 Å². The highest BCUT2D eigenvalue weighted by atomic mass is 32.2. The zero-order chi connectivity index (χ0) is 20.9. The lowest BCUT2D eigenvalue weighted by Crippen LogP contribution is -2.38. The van der Waals surface area contributed by atoms with Crippen LogP contribution in [0.2, 0.25) is 0 Å². The van der Waals surface area contributed by atoms with E-state index in [1.165, 1.54) is 23.9 Å². The van der Waals surface area contributed by atoms with E-state index in [0.717, 1.165) is 30.7 Å². The summed E-state index contributed by atoms with van der Waals surface area (Å²) in [6, 6.07) is 5.90. The van der Waals surface area contributed by atoms with Crippen LogP contribution in [0.25, 0.3) is 0 Å². The van der Waals surface area contributed by atoms with Gasteiger partial charge in [-0.3, -0.25) is 4.57 Å². The van der Waals surface area contributed by atoms with Crippen LogP contribution >= 0.6 is 11.8 Å². The summed E-state index contributed by atoms with van der Waals surface area (Å²) in [4.78, 5) is 14.9. The Morgan fingerprint density at radius 1 is 1.13 bits per heavy atom. The van der Waals surface area contributed by atoms with Crippen LogP contribution in [0.1, 0.15) is 12.7 Å². The molecule has 12 heteroatoms. The number of ether oxygens (including phenoxy) is 1. The van der Waals surface area contributed by atoms with Crippen LogP contribution in [-0.2, 0) is 17.0 Å². The average Bonchev–Trinajstić information content (AvgIpc) is 3.17. The average molecular weight is 432 g/mol. The van der Waals surface area contributed by atoms with Crippen molar-refractivity contribution in [2.24, 2.45) is 0 Å². The van der Waals surface area contributed by atoms with Crippen molar-refractivity contribution in [2.45, 2.75) is 24.4 Å². The molecule has 2 aromatic heterocycles. The predicted octanol–water partition coefficient (Wildman–Crippen LogP) is 2.08. The molecule has 0 radical (unpaired) electrons. The van der Waals surface area contributed by atoms with Crippen molar-refractivity contribution < 1.29 is 9.13 Å². The normalized spacial score (nSPS) is 14.1. The standard InChI is InChI=1S/C18H22FN9OS/c1-2-28-17(27-7-9-29-10-8-27)25-26-18(28)30-11-14-22-15(20)24-16(23-14)21-13-5-3-12(19)4-6-13/h3-6H,2,7-11H2,1H3,(H3,20,21,22,23,24). The molecule has 10 nitrogen and oxygen atoms in total. The Bertz CT molecular complexity index is 992. The molecule has 3 heterocycles. The second-order valence-corrected chi connectivity index (χ2v) is 7.42. The molecule has 1 fully saturated rings. The van der Waals surface area contributed by atoms with Gasteiger partial charge in [-0.15, -0.1) is 10.2 Å². The Labute approximate surface area is 177 Å². The first-order valence-corrected chi connectivity index (χ1v) is 10.5. The van der Waals surface area contributed by atoms with Gasteiger partial charge in [-0.1, -0.05) is 11.8 Å². The lowest BCUT2D eigenvalue weighted by atomic mass is 10.3. The molecule has 0 unspecified atom stereocenters. The van der Waals surface area contributed by atoms with Gasteiger partial charge in [0.2, 0.25) is 17.8 Å². The topological polar surface area (TPSA) is 120 Å². The number of morpholine rings is 1. The summed E-state index contributed by atoms with van der Waals surface area (Å²) in [7, 11) is 0. The number of thioether (sulfide) groups is 1. The first-order chi connectivity index (χ1) is 14.6. The smallest absolute Gasteiger partial charge is 0.232 e. The van der Waals surface area contributed by atoms with Crippen LogP contribution in [0.15, 0.2) is 29.4 Å². The number of aromatic nitrogens is 6. The van der Waals surface area contributed by atoms with E-state index in [1.807, 2.05) is 0 Å². The van der Waals surface area contributed by atoms with Gasteiger partial charge in [0, 0.05) is 25.3 Å². The lowest BCUT2D eigenvalue weighted by molar-refractivity contribution is 0.121. The van der Waals surface area contributed by atoms with Crippen LogP contribution in [0.4, 0.5) is 27.9 Å². The maximum absolute atomic E-state index is 13.1. The fraction of sp³-hybridized carbons (Fsp3) is 0.389. The fourth-order valence-corrected chi connectivity index (χ4v) is 3.86.